The summed E-state index contributed by atoms with van der Waals surface area (Å²) in [5.41, 5.74) is 13.8. The predicted octanol–water partition coefficient (Wildman–Crippen LogP) is 2.02. The fourth-order valence-electron chi connectivity index (χ4n) is 1.80. The molecule has 0 aliphatic rings. The molecule has 1 aromatic carbocycles. The van der Waals surface area contributed by atoms with Gasteiger partial charge in [-0.3, -0.25) is 0 Å². The Bertz CT molecular complexity index is 377. The number of benzene rings is 1. The van der Waals surface area contributed by atoms with Crippen molar-refractivity contribution in [3.8, 4) is 0 Å². The van der Waals surface area contributed by atoms with E-state index in [4.69, 9.17) is 11.5 Å². The number of anilines is 1. The molecular formula is C13H21N3O. The number of urea groups is 1. The van der Waals surface area contributed by atoms with Crippen molar-refractivity contribution >= 4 is 11.7 Å². The molecule has 17 heavy (non-hydrogen) atoms. The van der Waals surface area contributed by atoms with E-state index in [1.807, 2.05) is 12.1 Å². The lowest BCUT2D eigenvalue weighted by Crippen LogP contribution is -2.19. The Morgan fingerprint density at radius 1 is 1.24 bits per heavy atom. The molecule has 0 atom stereocenters. The second-order valence-corrected chi connectivity index (χ2v) is 4.13. The average Bonchev–Trinajstić information content (AvgIpc) is 2.28. The van der Waals surface area contributed by atoms with Gasteiger partial charge in [0.25, 0.3) is 0 Å². The third-order valence-corrected chi connectivity index (χ3v) is 2.65. The van der Waals surface area contributed by atoms with Crippen LogP contribution in [0.2, 0.25) is 0 Å². The van der Waals surface area contributed by atoms with Crippen LogP contribution < -0.4 is 16.8 Å². The van der Waals surface area contributed by atoms with Gasteiger partial charge in [0.1, 0.15) is 0 Å². The number of primary amides is 1. The molecule has 0 aliphatic heterocycles. The Hall–Kier alpha value is -1.55. The molecule has 0 saturated heterocycles. The monoisotopic (exact) mass is 235 g/mol. The summed E-state index contributed by atoms with van der Waals surface area (Å²) < 4.78 is 0. The lowest BCUT2D eigenvalue weighted by atomic mass is 10.0. The first-order valence-corrected chi connectivity index (χ1v) is 6.05. The molecule has 0 aliphatic carbocycles. The van der Waals surface area contributed by atoms with Crippen LogP contribution in [0.25, 0.3) is 0 Å². The number of amides is 2. The maximum atomic E-state index is 10.8. The van der Waals surface area contributed by atoms with Crippen molar-refractivity contribution in [3.63, 3.8) is 0 Å². The molecule has 1 rings (SSSR count). The summed E-state index contributed by atoms with van der Waals surface area (Å²) in [4.78, 5) is 10.8. The Kier molecular flexibility index (Phi) is 5.49. The van der Waals surface area contributed by atoms with Crippen LogP contribution in [0, 0.1) is 0 Å². The standard InChI is InChI=1S/C13H21N3O/c1-2-10-7-11(5-3-4-6-14)9-12(8-10)16-13(15)17/h7-9H,2-6,14H2,1H3,(H3,15,16,17). The molecule has 0 fully saturated rings. The summed E-state index contributed by atoms with van der Waals surface area (Å²) in [5.74, 6) is 0. The van der Waals surface area contributed by atoms with Crippen molar-refractivity contribution in [2.45, 2.75) is 32.6 Å². The van der Waals surface area contributed by atoms with E-state index >= 15 is 0 Å². The number of unbranched alkanes of at least 4 members (excludes halogenated alkanes) is 1. The lowest BCUT2D eigenvalue weighted by Gasteiger charge is -2.09. The van der Waals surface area contributed by atoms with E-state index in [-0.39, 0.29) is 0 Å². The minimum absolute atomic E-state index is 0.522. The van der Waals surface area contributed by atoms with Crippen LogP contribution in [0.5, 0.6) is 0 Å². The van der Waals surface area contributed by atoms with Crippen molar-refractivity contribution in [3.05, 3.63) is 29.3 Å². The zero-order valence-electron chi connectivity index (χ0n) is 10.3. The summed E-state index contributed by atoms with van der Waals surface area (Å²) in [6, 6.07) is 5.58. The van der Waals surface area contributed by atoms with E-state index < -0.39 is 6.03 Å². The number of carbonyl (C=O) groups is 1. The van der Waals surface area contributed by atoms with E-state index in [0.717, 1.165) is 37.9 Å². The Morgan fingerprint density at radius 3 is 2.53 bits per heavy atom. The molecule has 0 saturated carbocycles. The predicted molar refractivity (Wildman–Crippen MR) is 71.0 cm³/mol. The van der Waals surface area contributed by atoms with Gasteiger partial charge in [-0.25, -0.2) is 4.79 Å². The van der Waals surface area contributed by atoms with Gasteiger partial charge in [-0.2, -0.15) is 0 Å². The first-order valence-electron chi connectivity index (χ1n) is 6.05. The van der Waals surface area contributed by atoms with Gasteiger partial charge >= 0.3 is 6.03 Å². The first-order chi connectivity index (χ1) is 8.15. The Labute approximate surface area is 102 Å². The fourth-order valence-corrected chi connectivity index (χ4v) is 1.80. The van der Waals surface area contributed by atoms with Gasteiger partial charge in [-0.15, -0.1) is 0 Å². The topological polar surface area (TPSA) is 81.1 Å². The summed E-state index contributed by atoms with van der Waals surface area (Å²) in [7, 11) is 0. The molecule has 0 spiro atoms. The molecule has 0 aromatic heterocycles. The van der Waals surface area contributed by atoms with Crippen LogP contribution in [0.1, 0.15) is 30.9 Å². The van der Waals surface area contributed by atoms with E-state index in [9.17, 15) is 4.79 Å². The normalized spacial score (nSPS) is 10.2. The van der Waals surface area contributed by atoms with Gasteiger partial charge in [-0.05, 0) is 55.5 Å². The van der Waals surface area contributed by atoms with Crippen molar-refractivity contribution in [2.75, 3.05) is 11.9 Å². The number of hydrogen-bond acceptors (Lipinski definition) is 2. The summed E-state index contributed by atoms with van der Waals surface area (Å²) in [6.07, 6.45) is 4.02. The Balaban J connectivity index is 2.77. The molecule has 5 N–H and O–H groups in total. The molecule has 0 heterocycles. The van der Waals surface area contributed by atoms with Crippen LogP contribution in [-0.2, 0) is 12.8 Å². The molecule has 0 bridgehead atoms. The molecule has 2 amide bonds. The van der Waals surface area contributed by atoms with Crippen molar-refractivity contribution in [1.82, 2.24) is 0 Å². The third kappa shape index (κ3) is 4.87. The van der Waals surface area contributed by atoms with Gasteiger partial charge < -0.3 is 16.8 Å². The smallest absolute Gasteiger partial charge is 0.316 e. The molecular weight excluding hydrogens is 214 g/mol. The average molecular weight is 235 g/mol. The van der Waals surface area contributed by atoms with Crippen LogP contribution in [0.4, 0.5) is 10.5 Å². The summed E-state index contributed by atoms with van der Waals surface area (Å²) in [5, 5.41) is 2.62. The number of nitrogens with two attached hydrogens (primary N) is 2. The highest BCUT2D eigenvalue weighted by molar-refractivity contribution is 5.88. The van der Waals surface area contributed by atoms with E-state index in [2.05, 4.69) is 18.3 Å². The van der Waals surface area contributed by atoms with Crippen LogP contribution in [-0.4, -0.2) is 12.6 Å². The number of nitrogens with one attached hydrogen (secondary N) is 1. The number of aryl methyl sites for hydroxylation is 2. The van der Waals surface area contributed by atoms with E-state index in [1.165, 1.54) is 11.1 Å². The molecule has 0 radical (unpaired) electrons. The lowest BCUT2D eigenvalue weighted by molar-refractivity contribution is 0.259. The maximum absolute atomic E-state index is 10.8. The van der Waals surface area contributed by atoms with Crippen LogP contribution in [0.3, 0.4) is 0 Å². The molecule has 1 aromatic rings. The second-order valence-electron chi connectivity index (χ2n) is 4.13. The second kappa shape index (κ2) is 6.91. The quantitative estimate of drug-likeness (QED) is 0.659. The number of rotatable bonds is 6. The minimum Gasteiger partial charge on any atom is -0.351 e. The minimum atomic E-state index is -0.522. The molecule has 0 unspecified atom stereocenters. The fraction of sp³-hybridized carbons (Fsp3) is 0.462. The molecule has 4 heteroatoms. The van der Waals surface area contributed by atoms with E-state index in [1.54, 1.807) is 0 Å². The van der Waals surface area contributed by atoms with Crippen molar-refractivity contribution in [2.24, 2.45) is 11.5 Å². The van der Waals surface area contributed by atoms with Gasteiger partial charge in [-0.1, -0.05) is 13.0 Å². The van der Waals surface area contributed by atoms with Gasteiger partial charge in [0.2, 0.25) is 0 Å². The molecule has 94 valence electrons. The number of carbonyl (C=O) groups excluding carboxylic acids is 1. The van der Waals surface area contributed by atoms with E-state index in [0.29, 0.717) is 0 Å². The largest absolute Gasteiger partial charge is 0.351 e. The summed E-state index contributed by atoms with van der Waals surface area (Å²) in [6.45, 7) is 2.81. The Morgan fingerprint density at radius 2 is 1.94 bits per heavy atom. The maximum Gasteiger partial charge on any atom is 0.316 e. The van der Waals surface area contributed by atoms with Crippen LogP contribution in [0.15, 0.2) is 18.2 Å². The zero-order valence-corrected chi connectivity index (χ0v) is 10.3. The highest BCUT2D eigenvalue weighted by Crippen LogP contribution is 2.17. The summed E-state index contributed by atoms with van der Waals surface area (Å²) >= 11 is 0. The zero-order chi connectivity index (χ0) is 12.7. The SMILES string of the molecule is CCc1cc(CCCCN)cc(NC(N)=O)c1. The van der Waals surface area contributed by atoms with Gasteiger partial charge in [0, 0.05) is 5.69 Å². The van der Waals surface area contributed by atoms with Crippen molar-refractivity contribution < 1.29 is 4.79 Å². The first kappa shape index (κ1) is 13.5. The van der Waals surface area contributed by atoms with Crippen molar-refractivity contribution in [1.29, 1.82) is 0 Å². The van der Waals surface area contributed by atoms with Gasteiger partial charge in [0.15, 0.2) is 0 Å². The van der Waals surface area contributed by atoms with Crippen LogP contribution >= 0.6 is 0 Å². The highest BCUT2D eigenvalue weighted by atomic mass is 16.2. The molecule has 4 nitrogen and oxygen atoms in total. The van der Waals surface area contributed by atoms with Gasteiger partial charge in [0.05, 0.1) is 0 Å². The highest BCUT2D eigenvalue weighted by Gasteiger charge is 2.02. The third-order valence-electron chi connectivity index (χ3n) is 2.65. The number of hydrogen-bond donors (Lipinski definition) is 3.